The second kappa shape index (κ2) is 3.53. The number of aliphatic imine (C=N–C) groups is 1. The molecule has 0 saturated heterocycles. The third kappa shape index (κ3) is 2.09. The fourth-order valence-electron chi connectivity index (χ4n) is 1.60. The highest BCUT2D eigenvalue weighted by atomic mass is 19.1. The van der Waals surface area contributed by atoms with Gasteiger partial charge in [-0.1, -0.05) is 0 Å². The normalized spacial score (nSPS) is 16.8. The minimum atomic E-state index is -0.370. The maximum Gasteiger partial charge on any atom is 0.146 e. The third-order valence-corrected chi connectivity index (χ3v) is 2.46. The number of benzene rings is 1. The van der Waals surface area contributed by atoms with E-state index in [4.69, 9.17) is 11.5 Å². The molecule has 1 saturated carbocycles. The lowest BCUT2D eigenvalue weighted by Gasteiger charge is -2.07. The molecule has 3 nitrogen and oxygen atoms in total. The van der Waals surface area contributed by atoms with Crippen molar-refractivity contribution in [3.8, 4) is 0 Å². The van der Waals surface area contributed by atoms with Crippen LogP contribution in [0.15, 0.2) is 17.1 Å². The molecule has 15 heavy (non-hydrogen) atoms. The van der Waals surface area contributed by atoms with Crippen LogP contribution in [0.1, 0.15) is 31.2 Å². The molecule has 0 spiro atoms. The van der Waals surface area contributed by atoms with Crippen molar-refractivity contribution in [2.75, 3.05) is 5.73 Å². The Bertz CT molecular complexity index is 418. The number of nitrogens with two attached hydrogens (primary N) is 2. The maximum absolute atomic E-state index is 13.3. The van der Waals surface area contributed by atoms with Crippen molar-refractivity contribution in [1.82, 2.24) is 0 Å². The van der Waals surface area contributed by atoms with Gasteiger partial charge in [-0.2, -0.15) is 0 Å². The summed E-state index contributed by atoms with van der Waals surface area (Å²) in [5.74, 6) is 0.520. The molecule has 0 bridgehead atoms. The Hall–Kier alpha value is -1.58. The number of amidine groups is 1. The molecule has 4 N–H and O–H groups in total. The summed E-state index contributed by atoms with van der Waals surface area (Å²) >= 11 is 0. The van der Waals surface area contributed by atoms with Gasteiger partial charge in [0.05, 0.1) is 17.2 Å². The van der Waals surface area contributed by atoms with Gasteiger partial charge in [0.2, 0.25) is 0 Å². The highest BCUT2D eigenvalue weighted by Crippen LogP contribution is 2.45. The monoisotopic (exact) mass is 207 g/mol. The smallest absolute Gasteiger partial charge is 0.146 e. The Morgan fingerprint density at radius 3 is 2.67 bits per heavy atom. The van der Waals surface area contributed by atoms with Crippen LogP contribution < -0.4 is 11.5 Å². The fraction of sp³-hybridized carbons (Fsp3) is 0.364. The lowest BCUT2D eigenvalue weighted by Crippen LogP contribution is -2.04. The van der Waals surface area contributed by atoms with E-state index in [0.717, 1.165) is 18.4 Å². The van der Waals surface area contributed by atoms with Crippen molar-refractivity contribution < 1.29 is 4.39 Å². The molecule has 0 radical (unpaired) electrons. The predicted molar refractivity (Wildman–Crippen MR) is 59.7 cm³/mol. The molecule has 1 aromatic carbocycles. The lowest BCUT2D eigenvalue weighted by atomic mass is 10.1. The first-order valence-electron chi connectivity index (χ1n) is 4.97. The molecule has 1 aliphatic rings. The molecule has 0 unspecified atom stereocenters. The Labute approximate surface area is 88.0 Å². The molecule has 0 aromatic heterocycles. The molecule has 0 heterocycles. The Morgan fingerprint density at radius 1 is 1.47 bits per heavy atom. The largest absolute Gasteiger partial charge is 0.396 e. The second-order valence-corrected chi connectivity index (χ2v) is 3.96. The summed E-state index contributed by atoms with van der Waals surface area (Å²) < 4.78 is 13.3. The number of nitrogen functional groups attached to an aromatic ring is 1. The zero-order valence-electron chi connectivity index (χ0n) is 8.63. The summed E-state index contributed by atoms with van der Waals surface area (Å²) in [5.41, 5.74) is 12.8. The second-order valence-electron chi connectivity index (χ2n) is 3.96. The van der Waals surface area contributed by atoms with Crippen LogP contribution >= 0.6 is 0 Å². The van der Waals surface area contributed by atoms with E-state index < -0.39 is 0 Å². The molecular weight excluding hydrogens is 193 g/mol. The van der Waals surface area contributed by atoms with Crippen molar-refractivity contribution in [3.63, 3.8) is 0 Å². The van der Waals surface area contributed by atoms with Gasteiger partial charge in [-0.05, 0) is 43.4 Å². The van der Waals surface area contributed by atoms with Crippen LogP contribution in [-0.4, -0.2) is 5.84 Å². The van der Waals surface area contributed by atoms with Gasteiger partial charge in [-0.3, -0.25) is 0 Å². The number of halogens is 1. The van der Waals surface area contributed by atoms with Gasteiger partial charge in [-0.15, -0.1) is 0 Å². The molecule has 0 aliphatic heterocycles. The Kier molecular flexibility index (Phi) is 2.34. The molecule has 2 rings (SSSR count). The van der Waals surface area contributed by atoms with E-state index >= 15 is 0 Å². The van der Waals surface area contributed by atoms with Gasteiger partial charge in [0.1, 0.15) is 5.82 Å². The summed E-state index contributed by atoms with van der Waals surface area (Å²) in [6.07, 6.45) is 2.19. The van der Waals surface area contributed by atoms with E-state index in [1.165, 1.54) is 6.07 Å². The Morgan fingerprint density at radius 2 is 2.13 bits per heavy atom. The molecule has 0 amide bonds. The number of rotatable bonds is 2. The summed E-state index contributed by atoms with van der Waals surface area (Å²) in [4.78, 5) is 4.17. The van der Waals surface area contributed by atoms with E-state index in [1.54, 1.807) is 13.0 Å². The number of nitrogens with zero attached hydrogens (tertiary/aromatic N) is 1. The van der Waals surface area contributed by atoms with Gasteiger partial charge in [0.15, 0.2) is 0 Å². The van der Waals surface area contributed by atoms with E-state index in [9.17, 15) is 4.39 Å². The highest BCUT2D eigenvalue weighted by molar-refractivity contribution is 5.81. The average molecular weight is 207 g/mol. The summed E-state index contributed by atoms with van der Waals surface area (Å²) in [7, 11) is 0. The van der Waals surface area contributed by atoms with E-state index in [-0.39, 0.29) is 11.5 Å². The molecule has 80 valence electrons. The molecule has 1 fully saturated rings. The van der Waals surface area contributed by atoms with Gasteiger partial charge in [0.25, 0.3) is 0 Å². The van der Waals surface area contributed by atoms with Crippen LogP contribution in [0, 0.1) is 5.82 Å². The van der Waals surface area contributed by atoms with Gasteiger partial charge in [-0.25, -0.2) is 9.38 Å². The van der Waals surface area contributed by atoms with Gasteiger partial charge >= 0.3 is 0 Å². The number of anilines is 1. The zero-order valence-corrected chi connectivity index (χ0v) is 8.63. The van der Waals surface area contributed by atoms with Crippen molar-refractivity contribution in [2.24, 2.45) is 10.7 Å². The highest BCUT2D eigenvalue weighted by Gasteiger charge is 2.27. The van der Waals surface area contributed by atoms with Crippen molar-refractivity contribution in [3.05, 3.63) is 23.5 Å². The van der Waals surface area contributed by atoms with Crippen LogP contribution in [0.4, 0.5) is 15.8 Å². The third-order valence-electron chi connectivity index (χ3n) is 2.46. The zero-order chi connectivity index (χ0) is 11.0. The first-order chi connectivity index (χ1) is 7.08. The summed E-state index contributed by atoms with van der Waals surface area (Å²) in [5, 5.41) is 0. The van der Waals surface area contributed by atoms with Gasteiger partial charge < -0.3 is 11.5 Å². The van der Waals surface area contributed by atoms with Crippen molar-refractivity contribution in [1.29, 1.82) is 0 Å². The van der Waals surface area contributed by atoms with E-state index in [2.05, 4.69) is 4.99 Å². The quantitative estimate of drug-likeness (QED) is 0.444. The van der Waals surface area contributed by atoms with E-state index in [0.29, 0.717) is 17.4 Å². The molecule has 0 atom stereocenters. The minimum absolute atomic E-state index is 0.124. The van der Waals surface area contributed by atoms with Crippen LogP contribution in [0.3, 0.4) is 0 Å². The first-order valence-corrected chi connectivity index (χ1v) is 4.97. The van der Waals surface area contributed by atoms with Crippen LogP contribution in [0.2, 0.25) is 0 Å². The summed E-state index contributed by atoms with van der Waals surface area (Å²) in [6, 6.07) is 3.04. The lowest BCUT2D eigenvalue weighted by molar-refractivity contribution is 0.630. The molecule has 4 heteroatoms. The van der Waals surface area contributed by atoms with E-state index in [1.807, 2.05) is 0 Å². The first kappa shape index (κ1) is 9.96. The number of hydrogen-bond donors (Lipinski definition) is 2. The van der Waals surface area contributed by atoms with Crippen LogP contribution in [0.5, 0.6) is 0 Å². The SMILES string of the molecule is CC(N)=Nc1cc(N)c(F)cc1C1CC1. The molecule has 1 aromatic rings. The van der Waals surface area contributed by atoms with Crippen molar-refractivity contribution in [2.45, 2.75) is 25.7 Å². The average Bonchev–Trinajstić information content (AvgIpc) is 2.93. The molecule has 1 aliphatic carbocycles. The summed E-state index contributed by atoms with van der Waals surface area (Å²) in [6.45, 7) is 1.70. The molecular formula is C11H14FN3. The number of hydrogen-bond acceptors (Lipinski definition) is 2. The predicted octanol–water partition coefficient (Wildman–Crippen LogP) is 2.29. The van der Waals surface area contributed by atoms with Crippen LogP contribution in [-0.2, 0) is 0 Å². The Balaban J connectivity index is 2.50. The maximum atomic E-state index is 13.3. The van der Waals surface area contributed by atoms with Crippen LogP contribution in [0.25, 0.3) is 0 Å². The standard InChI is InChI=1S/C11H14FN3/c1-6(13)15-11-5-10(14)9(12)4-8(11)7-2-3-7/h4-5,7H,2-3,14H2,1H3,(H2,13,15). The fourth-order valence-corrected chi connectivity index (χ4v) is 1.60. The van der Waals surface area contributed by atoms with Crippen molar-refractivity contribution >= 4 is 17.2 Å². The minimum Gasteiger partial charge on any atom is -0.396 e. The van der Waals surface area contributed by atoms with Gasteiger partial charge in [0, 0.05) is 0 Å². The topological polar surface area (TPSA) is 64.4 Å².